The van der Waals surface area contributed by atoms with Crippen molar-refractivity contribution in [2.75, 3.05) is 30.8 Å². The van der Waals surface area contributed by atoms with E-state index in [1.807, 2.05) is 0 Å². The third-order valence-corrected chi connectivity index (χ3v) is 4.03. The van der Waals surface area contributed by atoms with Gasteiger partial charge < -0.3 is 15.4 Å². The average Bonchev–Trinajstić information content (AvgIpc) is 2.66. The molecule has 0 spiro atoms. The summed E-state index contributed by atoms with van der Waals surface area (Å²) in [6, 6.07) is 0. The topological polar surface area (TPSA) is 55.6 Å². The maximum atomic E-state index is 11.5. The molecule has 0 aromatic carbocycles. The van der Waals surface area contributed by atoms with Crippen LogP contribution in [0.2, 0.25) is 0 Å². The Hall–Kier alpha value is -1.23. The maximum absolute atomic E-state index is 11.5. The van der Waals surface area contributed by atoms with Crippen molar-refractivity contribution < 1.29 is 9.53 Å². The van der Waals surface area contributed by atoms with Gasteiger partial charge in [0.1, 0.15) is 5.00 Å². The fourth-order valence-electron chi connectivity index (χ4n) is 1.94. The standard InChI is InChI=1S/C13H22N2O2S/c1-5-7-15(8-6-2)13-11(17-4)10(14)12(18-13)9(3)16/h5-8,14H2,1-4H3. The van der Waals surface area contributed by atoms with Gasteiger partial charge in [-0.05, 0) is 12.8 Å². The van der Waals surface area contributed by atoms with Crippen LogP contribution in [-0.4, -0.2) is 26.0 Å². The molecule has 0 saturated heterocycles. The molecule has 1 heterocycles. The number of hydrogen-bond acceptors (Lipinski definition) is 5. The number of ether oxygens (including phenoxy) is 1. The average molecular weight is 270 g/mol. The minimum atomic E-state index is -0.00463. The highest BCUT2D eigenvalue weighted by Gasteiger charge is 2.22. The van der Waals surface area contributed by atoms with Crippen LogP contribution in [-0.2, 0) is 0 Å². The number of ketones is 1. The fraction of sp³-hybridized carbons (Fsp3) is 0.615. The normalized spacial score (nSPS) is 10.4. The zero-order valence-electron chi connectivity index (χ0n) is 11.6. The van der Waals surface area contributed by atoms with Crippen molar-refractivity contribution >= 4 is 27.8 Å². The van der Waals surface area contributed by atoms with Crippen molar-refractivity contribution in [3.63, 3.8) is 0 Å². The van der Waals surface area contributed by atoms with Gasteiger partial charge in [-0.25, -0.2) is 0 Å². The molecule has 0 bridgehead atoms. The van der Waals surface area contributed by atoms with Crippen molar-refractivity contribution in [2.24, 2.45) is 0 Å². The first-order valence-electron chi connectivity index (χ1n) is 6.28. The van der Waals surface area contributed by atoms with Crippen molar-refractivity contribution in [1.82, 2.24) is 0 Å². The monoisotopic (exact) mass is 270 g/mol. The molecule has 18 heavy (non-hydrogen) atoms. The third-order valence-electron chi connectivity index (χ3n) is 2.68. The fourth-order valence-corrected chi connectivity index (χ4v) is 3.08. The second kappa shape index (κ2) is 6.64. The molecule has 0 atom stereocenters. The molecule has 0 amide bonds. The Morgan fingerprint density at radius 2 is 1.89 bits per heavy atom. The quantitative estimate of drug-likeness (QED) is 0.773. The first-order valence-corrected chi connectivity index (χ1v) is 7.10. The number of carbonyl (C=O) groups excluding carboxylic acids is 1. The van der Waals surface area contributed by atoms with Crippen LogP contribution in [0.1, 0.15) is 43.3 Å². The summed E-state index contributed by atoms with van der Waals surface area (Å²) in [5.41, 5.74) is 6.46. The molecule has 0 fully saturated rings. The summed E-state index contributed by atoms with van der Waals surface area (Å²) in [5, 5.41) is 0.976. The number of carbonyl (C=O) groups is 1. The highest BCUT2D eigenvalue weighted by Crippen LogP contribution is 2.44. The van der Waals surface area contributed by atoms with Crippen molar-refractivity contribution in [3.05, 3.63) is 4.88 Å². The second-order valence-electron chi connectivity index (χ2n) is 4.23. The van der Waals surface area contributed by atoms with E-state index in [4.69, 9.17) is 10.5 Å². The lowest BCUT2D eigenvalue weighted by molar-refractivity contribution is 0.102. The summed E-state index contributed by atoms with van der Waals surface area (Å²) in [6.45, 7) is 7.70. The van der Waals surface area contributed by atoms with E-state index in [9.17, 15) is 4.79 Å². The largest absolute Gasteiger partial charge is 0.492 e. The van der Waals surface area contributed by atoms with Crippen molar-refractivity contribution in [1.29, 1.82) is 0 Å². The summed E-state index contributed by atoms with van der Waals surface area (Å²) in [5.74, 6) is 0.641. The summed E-state index contributed by atoms with van der Waals surface area (Å²) in [7, 11) is 1.60. The van der Waals surface area contributed by atoms with E-state index >= 15 is 0 Å². The molecule has 0 aliphatic carbocycles. The molecule has 2 N–H and O–H groups in total. The second-order valence-corrected chi connectivity index (χ2v) is 5.23. The van der Waals surface area contributed by atoms with E-state index in [1.54, 1.807) is 7.11 Å². The van der Waals surface area contributed by atoms with E-state index < -0.39 is 0 Å². The minimum absolute atomic E-state index is 0.00463. The molecule has 0 aliphatic heterocycles. The summed E-state index contributed by atoms with van der Waals surface area (Å²) >= 11 is 1.43. The Morgan fingerprint density at radius 1 is 1.33 bits per heavy atom. The summed E-state index contributed by atoms with van der Waals surface area (Å²) < 4.78 is 5.37. The first kappa shape index (κ1) is 14.8. The molecule has 0 radical (unpaired) electrons. The Morgan fingerprint density at radius 3 is 2.28 bits per heavy atom. The van der Waals surface area contributed by atoms with Crippen molar-refractivity contribution in [2.45, 2.75) is 33.6 Å². The SMILES string of the molecule is CCCN(CCC)c1sc(C(C)=O)c(N)c1OC. The van der Waals surface area contributed by atoms with Crippen molar-refractivity contribution in [3.8, 4) is 5.75 Å². The molecular weight excluding hydrogens is 248 g/mol. The lowest BCUT2D eigenvalue weighted by Gasteiger charge is -2.22. The van der Waals surface area contributed by atoms with E-state index in [0.29, 0.717) is 16.3 Å². The van der Waals surface area contributed by atoms with Crippen LogP contribution in [0.25, 0.3) is 0 Å². The van der Waals surface area contributed by atoms with Gasteiger partial charge >= 0.3 is 0 Å². The molecule has 4 nitrogen and oxygen atoms in total. The van der Waals surface area contributed by atoms with Crippen LogP contribution in [0, 0.1) is 0 Å². The number of methoxy groups -OCH3 is 1. The highest BCUT2D eigenvalue weighted by molar-refractivity contribution is 7.19. The van der Waals surface area contributed by atoms with E-state index in [-0.39, 0.29) is 5.78 Å². The molecule has 102 valence electrons. The van der Waals surface area contributed by atoms with Gasteiger partial charge in [-0.2, -0.15) is 0 Å². The Kier molecular flexibility index (Phi) is 5.47. The van der Waals surface area contributed by atoms with Gasteiger partial charge in [-0.1, -0.05) is 13.8 Å². The number of Topliss-reactive ketones (excluding diaryl/α,β-unsaturated/α-hetero) is 1. The summed E-state index contributed by atoms with van der Waals surface area (Å²) in [4.78, 5) is 14.4. The lowest BCUT2D eigenvalue weighted by atomic mass is 10.3. The third kappa shape index (κ3) is 2.96. The van der Waals surface area contributed by atoms with Crippen LogP contribution in [0.3, 0.4) is 0 Å². The number of nitrogen functional groups attached to an aromatic ring is 1. The highest BCUT2D eigenvalue weighted by atomic mass is 32.1. The van der Waals surface area contributed by atoms with Gasteiger partial charge in [-0.15, -0.1) is 11.3 Å². The van der Waals surface area contributed by atoms with Gasteiger partial charge in [0.2, 0.25) is 0 Å². The predicted molar refractivity (Wildman–Crippen MR) is 78.1 cm³/mol. The number of nitrogens with zero attached hydrogens (tertiary/aromatic N) is 1. The molecule has 1 aromatic rings. The number of nitrogens with two attached hydrogens (primary N) is 1. The molecule has 0 saturated carbocycles. The predicted octanol–water partition coefficient (Wildman–Crippen LogP) is 3.17. The van der Waals surface area contributed by atoms with E-state index in [1.165, 1.54) is 18.3 Å². The van der Waals surface area contributed by atoms with Crippen LogP contribution < -0.4 is 15.4 Å². The molecule has 0 unspecified atom stereocenters. The van der Waals surface area contributed by atoms with Crippen LogP contribution in [0.4, 0.5) is 10.7 Å². The first-order chi connectivity index (χ1) is 8.56. The number of anilines is 2. The molecule has 0 aliphatic rings. The van der Waals surface area contributed by atoms with Gasteiger partial charge in [0.25, 0.3) is 0 Å². The lowest BCUT2D eigenvalue weighted by Crippen LogP contribution is -2.24. The van der Waals surface area contributed by atoms with Gasteiger partial charge in [0, 0.05) is 20.0 Å². The van der Waals surface area contributed by atoms with Crippen LogP contribution in [0.5, 0.6) is 5.75 Å². The number of thiophene rings is 1. The van der Waals surface area contributed by atoms with E-state index in [0.717, 1.165) is 30.9 Å². The zero-order chi connectivity index (χ0) is 13.7. The molecule has 1 rings (SSSR count). The number of rotatable bonds is 7. The summed E-state index contributed by atoms with van der Waals surface area (Å²) in [6.07, 6.45) is 2.10. The van der Waals surface area contributed by atoms with E-state index in [2.05, 4.69) is 18.7 Å². The molecule has 1 aromatic heterocycles. The van der Waals surface area contributed by atoms with Gasteiger partial charge in [-0.3, -0.25) is 4.79 Å². The Bertz CT molecular complexity index is 409. The van der Waals surface area contributed by atoms with Gasteiger partial charge in [0.15, 0.2) is 11.5 Å². The Labute approximate surface area is 113 Å². The number of hydrogen-bond donors (Lipinski definition) is 1. The van der Waals surface area contributed by atoms with Crippen LogP contribution in [0.15, 0.2) is 0 Å². The minimum Gasteiger partial charge on any atom is -0.492 e. The smallest absolute Gasteiger partial charge is 0.177 e. The maximum Gasteiger partial charge on any atom is 0.177 e. The van der Waals surface area contributed by atoms with Gasteiger partial charge in [0.05, 0.1) is 17.7 Å². The molecule has 5 heteroatoms. The zero-order valence-corrected chi connectivity index (χ0v) is 12.4. The Balaban J connectivity index is 3.19. The molecular formula is C13H22N2O2S. The van der Waals surface area contributed by atoms with Crippen LogP contribution >= 0.6 is 11.3 Å².